The minimum absolute atomic E-state index is 0.283. The van der Waals surface area contributed by atoms with Crippen LogP contribution in [0.25, 0.3) is 11.2 Å². The molecule has 1 saturated heterocycles. The van der Waals surface area contributed by atoms with Crippen molar-refractivity contribution in [3.8, 4) is 0 Å². The third-order valence-corrected chi connectivity index (χ3v) is 2.69. The number of imidazole rings is 1. The predicted molar refractivity (Wildman–Crippen MR) is 61.2 cm³/mol. The molecular formula is C9H13N7. The average molecular weight is 219 g/mol. The number of nitrogens with one attached hydrogen (secondary N) is 2. The molecule has 16 heavy (non-hydrogen) atoms. The lowest BCUT2D eigenvalue weighted by molar-refractivity contribution is 0.586. The van der Waals surface area contributed by atoms with Crippen LogP contribution in [0.15, 0.2) is 6.33 Å². The molecule has 0 unspecified atom stereocenters. The molecule has 0 amide bonds. The number of fused-ring (bicyclic) bond motifs is 1. The number of aromatic amines is 1. The first-order valence-corrected chi connectivity index (χ1v) is 5.27. The van der Waals surface area contributed by atoms with Crippen LogP contribution >= 0.6 is 0 Å². The van der Waals surface area contributed by atoms with Gasteiger partial charge in [0.2, 0.25) is 5.95 Å². The lowest BCUT2D eigenvalue weighted by atomic mass is 10.3. The highest BCUT2D eigenvalue weighted by molar-refractivity contribution is 5.84. The zero-order valence-electron chi connectivity index (χ0n) is 8.77. The summed E-state index contributed by atoms with van der Waals surface area (Å²) in [5.41, 5.74) is 7.16. The quantitative estimate of drug-likeness (QED) is 0.589. The van der Waals surface area contributed by atoms with Crippen molar-refractivity contribution >= 4 is 22.9 Å². The maximum Gasteiger partial charge on any atom is 0.224 e. The SMILES string of the molecule is Nc1nc(N2CCNCC2)c2nc[nH]c2n1. The van der Waals surface area contributed by atoms with Gasteiger partial charge in [0.25, 0.3) is 0 Å². The predicted octanol–water partition coefficient (Wildman–Crippen LogP) is -0.655. The number of nitrogens with zero attached hydrogens (tertiary/aromatic N) is 4. The number of anilines is 2. The maximum atomic E-state index is 5.68. The number of hydrogen-bond acceptors (Lipinski definition) is 6. The highest BCUT2D eigenvalue weighted by Gasteiger charge is 2.17. The zero-order chi connectivity index (χ0) is 11.0. The number of piperazine rings is 1. The highest BCUT2D eigenvalue weighted by atomic mass is 15.3. The van der Waals surface area contributed by atoms with E-state index in [1.54, 1.807) is 6.33 Å². The summed E-state index contributed by atoms with van der Waals surface area (Å²) in [7, 11) is 0. The molecule has 3 rings (SSSR count). The molecule has 1 aliphatic heterocycles. The highest BCUT2D eigenvalue weighted by Crippen LogP contribution is 2.21. The third-order valence-electron chi connectivity index (χ3n) is 2.69. The summed E-state index contributed by atoms with van der Waals surface area (Å²) in [4.78, 5) is 17.7. The largest absolute Gasteiger partial charge is 0.368 e. The van der Waals surface area contributed by atoms with Crippen molar-refractivity contribution in [2.75, 3.05) is 36.8 Å². The van der Waals surface area contributed by atoms with Crippen LogP contribution in [0, 0.1) is 0 Å². The van der Waals surface area contributed by atoms with Crippen LogP contribution in [0.5, 0.6) is 0 Å². The lowest BCUT2D eigenvalue weighted by Crippen LogP contribution is -2.44. The molecule has 7 nitrogen and oxygen atoms in total. The van der Waals surface area contributed by atoms with E-state index in [9.17, 15) is 0 Å². The van der Waals surface area contributed by atoms with E-state index in [0.29, 0.717) is 5.65 Å². The Balaban J connectivity index is 2.09. The number of hydrogen-bond donors (Lipinski definition) is 3. The summed E-state index contributed by atoms with van der Waals surface area (Å²) in [6.45, 7) is 3.74. The van der Waals surface area contributed by atoms with Gasteiger partial charge in [-0.05, 0) is 0 Å². The Kier molecular flexibility index (Phi) is 2.10. The Morgan fingerprint density at radius 1 is 1.25 bits per heavy atom. The summed E-state index contributed by atoms with van der Waals surface area (Å²) < 4.78 is 0. The second-order valence-corrected chi connectivity index (χ2v) is 3.74. The van der Waals surface area contributed by atoms with Crippen molar-refractivity contribution in [2.24, 2.45) is 0 Å². The van der Waals surface area contributed by atoms with E-state index in [0.717, 1.165) is 37.5 Å². The van der Waals surface area contributed by atoms with Gasteiger partial charge in [-0.25, -0.2) is 4.98 Å². The Bertz CT molecular complexity index is 500. The van der Waals surface area contributed by atoms with E-state index in [-0.39, 0.29) is 5.95 Å². The maximum absolute atomic E-state index is 5.68. The van der Waals surface area contributed by atoms with Gasteiger partial charge in [-0.3, -0.25) is 0 Å². The summed E-state index contributed by atoms with van der Waals surface area (Å²) in [6, 6.07) is 0. The summed E-state index contributed by atoms with van der Waals surface area (Å²) in [6.07, 6.45) is 1.62. The van der Waals surface area contributed by atoms with E-state index in [1.807, 2.05) is 0 Å². The Morgan fingerprint density at radius 3 is 2.88 bits per heavy atom. The van der Waals surface area contributed by atoms with E-state index in [2.05, 4.69) is 30.2 Å². The number of nitrogen functional groups attached to an aromatic ring is 1. The molecule has 2 aromatic rings. The lowest BCUT2D eigenvalue weighted by Gasteiger charge is -2.28. The second kappa shape index (κ2) is 3.60. The van der Waals surface area contributed by atoms with Crippen LogP contribution in [0.4, 0.5) is 11.8 Å². The van der Waals surface area contributed by atoms with Gasteiger partial charge in [0.1, 0.15) is 0 Å². The van der Waals surface area contributed by atoms with Crippen LogP contribution in [-0.2, 0) is 0 Å². The summed E-state index contributed by atoms with van der Waals surface area (Å²) in [5.74, 6) is 1.11. The first kappa shape index (κ1) is 9.34. The van der Waals surface area contributed by atoms with Crippen molar-refractivity contribution in [2.45, 2.75) is 0 Å². The normalized spacial score (nSPS) is 16.9. The van der Waals surface area contributed by atoms with Crippen LogP contribution in [-0.4, -0.2) is 46.1 Å². The molecule has 7 heteroatoms. The Hall–Kier alpha value is -1.89. The second-order valence-electron chi connectivity index (χ2n) is 3.74. The molecule has 0 aromatic carbocycles. The van der Waals surface area contributed by atoms with Gasteiger partial charge in [-0.2, -0.15) is 9.97 Å². The molecule has 0 saturated carbocycles. The number of nitrogens with two attached hydrogens (primary N) is 1. The first-order valence-electron chi connectivity index (χ1n) is 5.27. The van der Waals surface area contributed by atoms with Crippen molar-refractivity contribution in [1.82, 2.24) is 25.3 Å². The Labute approximate surface area is 92.1 Å². The molecule has 0 bridgehead atoms. The van der Waals surface area contributed by atoms with Crippen molar-refractivity contribution < 1.29 is 0 Å². The van der Waals surface area contributed by atoms with E-state index >= 15 is 0 Å². The van der Waals surface area contributed by atoms with Gasteiger partial charge in [0, 0.05) is 26.2 Å². The van der Waals surface area contributed by atoms with Crippen LogP contribution in [0.2, 0.25) is 0 Å². The monoisotopic (exact) mass is 219 g/mol. The standard InChI is InChI=1S/C9H13N7/c10-9-14-7-6(12-5-13-7)8(15-9)16-3-1-11-2-4-16/h5,11H,1-4H2,(H3,10,12,13,14,15). The molecule has 84 valence electrons. The summed E-state index contributed by atoms with van der Waals surface area (Å²) >= 11 is 0. The number of aromatic nitrogens is 4. The van der Waals surface area contributed by atoms with Crippen LogP contribution < -0.4 is 16.0 Å². The molecule has 4 N–H and O–H groups in total. The summed E-state index contributed by atoms with van der Waals surface area (Å²) in [5, 5.41) is 3.30. The molecule has 3 heterocycles. The fraction of sp³-hybridized carbons (Fsp3) is 0.444. The van der Waals surface area contributed by atoms with Gasteiger partial charge < -0.3 is 20.9 Å². The molecule has 0 aliphatic carbocycles. The minimum atomic E-state index is 0.283. The third kappa shape index (κ3) is 1.45. The minimum Gasteiger partial charge on any atom is -0.368 e. The van der Waals surface area contributed by atoms with E-state index < -0.39 is 0 Å². The van der Waals surface area contributed by atoms with Crippen LogP contribution in [0.3, 0.4) is 0 Å². The van der Waals surface area contributed by atoms with Gasteiger partial charge in [0.15, 0.2) is 17.0 Å². The molecule has 0 atom stereocenters. The molecule has 1 fully saturated rings. The zero-order valence-corrected chi connectivity index (χ0v) is 8.77. The average Bonchev–Trinajstić information content (AvgIpc) is 2.77. The van der Waals surface area contributed by atoms with Crippen LogP contribution in [0.1, 0.15) is 0 Å². The fourth-order valence-corrected chi connectivity index (χ4v) is 1.93. The van der Waals surface area contributed by atoms with Gasteiger partial charge in [-0.15, -0.1) is 0 Å². The molecular weight excluding hydrogens is 206 g/mol. The van der Waals surface area contributed by atoms with Gasteiger partial charge in [0.05, 0.1) is 6.33 Å². The smallest absolute Gasteiger partial charge is 0.224 e. The molecule has 0 radical (unpaired) electrons. The first-order chi connectivity index (χ1) is 7.84. The van der Waals surface area contributed by atoms with Crippen molar-refractivity contribution in [3.05, 3.63) is 6.33 Å². The Morgan fingerprint density at radius 2 is 2.06 bits per heavy atom. The topological polar surface area (TPSA) is 95.7 Å². The van der Waals surface area contributed by atoms with E-state index in [4.69, 9.17) is 5.73 Å². The number of rotatable bonds is 1. The number of H-pyrrole nitrogens is 1. The van der Waals surface area contributed by atoms with Gasteiger partial charge >= 0.3 is 0 Å². The fourth-order valence-electron chi connectivity index (χ4n) is 1.93. The molecule has 2 aromatic heterocycles. The van der Waals surface area contributed by atoms with Crippen molar-refractivity contribution in [3.63, 3.8) is 0 Å². The van der Waals surface area contributed by atoms with Crippen molar-refractivity contribution in [1.29, 1.82) is 0 Å². The molecule has 0 spiro atoms. The van der Waals surface area contributed by atoms with Gasteiger partial charge in [-0.1, -0.05) is 0 Å². The van der Waals surface area contributed by atoms with E-state index in [1.165, 1.54) is 0 Å². The molecule has 1 aliphatic rings.